The maximum absolute atomic E-state index is 4.30. The Morgan fingerprint density at radius 1 is 1.29 bits per heavy atom. The van der Waals surface area contributed by atoms with Crippen molar-refractivity contribution >= 4 is 0 Å². The Labute approximate surface area is 103 Å². The number of imidazole rings is 1. The molecule has 0 amide bonds. The summed E-state index contributed by atoms with van der Waals surface area (Å²) in [6.07, 6.45) is 4.85. The van der Waals surface area contributed by atoms with E-state index in [1.165, 1.54) is 5.56 Å². The lowest BCUT2D eigenvalue weighted by atomic mass is 10.1. The van der Waals surface area contributed by atoms with E-state index < -0.39 is 0 Å². The molecule has 0 saturated carbocycles. The van der Waals surface area contributed by atoms with Gasteiger partial charge in [-0.05, 0) is 18.9 Å². The maximum atomic E-state index is 4.30. The van der Waals surface area contributed by atoms with Crippen molar-refractivity contribution in [1.82, 2.24) is 14.9 Å². The Morgan fingerprint density at radius 2 is 2.06 bits per heavy atom. The fourth-order valence-corrected chi connectivity index (χ4v) is 1.87. The number of aryl methyl sites for hydroxylation is 1. The molecule has 1 atom stereocenters. The molecular weight excluding hydrogens is 210 g/mol. The molecule has 0 bridgehead atoms. The van der Waals surface area contributed by atoms with E-state index in [-0.39, 0.29) is 0 Å². The first kappa shape index (κ1) is 11.9. The minimum atomic E-state index is 0.453. The molecule has 3 heteroatoms. The summed E-state index contributed by atoms with van der Waals surface area (Å²) in [5.74, 6) is 1.07. The highest BCUT2D eigenvalue weighted by atomic mass is 15.1. The number of hydrogen-bond donors (Lipinski definition) is 1. The summed E-state index contributed by atoms with van der Waals surface area (Å²) in [6, 6.07) is 11.0. The van der Waals surface area contributed by atoms with Gasteiger partial charge in [-0.3, -0.25) is 0 Å². The normalized spacial score (nSPS) is 12.6. The van der Waals surface area contributed by atoms with Crippen molar-refractivity contribution in [2.24, 2.45) is 7.05 Å². The molecule has 1 aromatic carbocycles. The van der Waals surface area contributed by atoms with Crippen LogP contribution < -0.4 is 5.32 Å². The number of nitrogens with zero attached hydrogens (tertiary/aromatic N) is 2. The van der Waals surface area contributed by atoms with Gasteiger partial charge in [-0.1, -0.05) is 30.3 Å². The lowest BCUT2D eigenvalue weighted by molar-refractivity contribution is 0.526. The third-order valence-electron chi connectivity index (χ3n) is 2.91. The van der Waals surface area contributed by atoms with E-state index in [1.807, 2.05) is 24.0 Å². The van der Waals surface area contributed by atoms with Crippen LogP contribution in [0.5, 0.6) is 0 Å². The zero-order valence-electron chi connectivity index (χ0n) is 10.4. The standard InChI is InChI=1S/C14H19N3/c1-12(10-13-6-4-3-5-7-13)16-11-14-15-8-9-17(14)2/h3-9,12,16H,10-11H2,1-2H3. The van der Waals surface area contributed by atoms with Crippen LogP contribution >= 0.6 is 0 Å². The van der Waals surface area contributed by atoms with Crippen LogP contribution in [-0.2, 0) is 20.0 Å². The smallest absolute Gasteiger partial charge is 0.122 e. The zero-order valence-corrected chi connectivity index (χ0v) is 10.4. The van der Waals surface area contributed by atoms with E-state index in [2.05, 4.69) is 47.6 Å². The summed E-state index contributed by atoms with van der Waals surface area (Å²) in [4.78, 5) is 4.30. The minimum absolute atomic E-state index is 0.453. The molecule has 1 heterocycles. The lowest BCUT2D eigenvalue weighted by Gasteiger charge is -2.13. The van der Waals surface area contributed by atoms with E-state index in [0.717, 1.165) is 18.8 Å². The molecule has 90 valence electrons. The summed E-state index contributed by atoms with van der Waals surface area (Å²) >= 11 is 0. The first-order chi connectivity index (χ1) is 8.25. The molecule has 1 aromatic heterocycles. The van der Waals surface area contributed by atoms with E-state index >= 15 is 0 Å². The third kappa shape index (κ3) is 3.43. The van der Waals surface area contributed by atoms with Crippen LogP contribution in [0.15, 0.2) is 42.7 Å². The van der Waals surface area contributed by atoms with Gasteiger partial charge in [-0.15, -0.1) is 0 Å². The molecule has 0 aliphatic heterocycles. The SMILES string of the molecule is CC(Cc1ccccc1)NCc1nccn1C. The van der Waals surface area contributed by atoms with Crippen molar-refractivity contribution in [3.8, 4) is 0 Å². The molecule has 2 rings (SSSR count). The van der Waals surface area contributed by atoms with Crippen LogP contribution in [0.1, 0.15) is 18.3 Å². The van der Waals surface area contributed by atoms with E-state index in [9.17, 15) is 0 Å². The summed E-state index contributed by atoms with van der Waals surface area (Å²) in [6.45, 7) is 3.02. The van der Waals surface area contributed by atoms with Crippen LogP contribution in [0.2, 0.25) is 0 Å². The summed E-state index contributed by atoms with van der Waals surface area (Å²) in [7, 11) is 2.02. The van der Waals surface area contributed by atoms with Gasteiger partial charge < -0.3 is 9.88 Å². The van der Waals surface area contributed by atoms with E-state index in [0.29, 0.717) is 6.04 Å². The Kier molecular flexibility index (Phi) is 3.94. The molecule has 0 fully saturated rings. The van der Waals surface area contributed by atoms with Gasteiger partial charge in [-0.2, -0.15) is 0 Å². The molecule has 0 aliphatic rings. The van der Waals surface area contributed by atoms with Gasteiger partial charge in [0, 0.05) is 25.5 Å². The summed E-state index contributed by atoms with van der Waals surface area (Å²) in [5.41, 5.74) is 1.37. The number of rotatable bonds is 5. The van der Waals surface area contributed by atoms with Gasteiger partial charge in [0.05, 0.1) is 6.54 Å². The third-order valence-corrected chi connectivity index (χ3v) is 2.91. The van der Waals surface area contributed by atoms with E-state index in [4.69, 9.17) is 0 Å². The molecule has 1 unspecified atom stereocenters. The van der Waals surface area contributed by atoms with Crippen LogP contribution in [0.4, 0.5) is 0 Å². The van der Waals surface area contributed by atoms with Gasteiger partial charge in [0.25, 0.3) is 0 Å². The van der Waals surface area contributed by atoms with Gasteiger partial charge in [0.1, 0.15) is 5.82 Å². The fourth-order valence-electron chi connectivity index (χ4n) is 1.87. The molecule has 0 radical (unpaired) electrons. The Bertz CT molecular complexity index is 448. The van der Waals surface area contributed by atoms with Gasteiger partial charge in [0.15, 0.2) is 0 Å². The van der Waals surface area contributed by atoms with Crippen molar-refractivity contribution in [3.63, 3.8) is 0 Å². The maximum Gasteiger partial charge on any atom is 0.122 e. The van der Waals surface area contributed by atoms with Gasteiger partial charge >= 0.3 is 0 Å². The minimum Gasteiger partial charge on any atom is -0.337 e. The molecule has 0 aliphatic carbocycles. The average molecular weight is 229 g/mol. The topological polar surface area (TPSA) is 29.9 Å². The van der Waals surface area contributed by atoms with Crippen LogP contribution in [-0.4, -0.2) is 15.6 Å². The van der Waals surface area contributed by atoms with E-state index in [1.54, 1.807) is 0 Å². The highest BCUT2D eigenvalue weighted by Crippen LogP contribution is 2.03. The van der Waals surface area contributed by atoms with Crippen molar-refractivity contribution in [2.45, 2.75) is 25.9 Å². The second-order valence-corrected chi connectivity index (χ2v) is 4.43. The van der Waals surface area contributed by atoms with Crippen LogP contribution in [0, 0.1) is 0 Å². The number of nitrogens with one attached hydrogen (secondary N) is 1. The Morgan fingerprint density at radius 3 is 2.71 bits per heavy atom. The molecule has 2 aromatic rings. The molecule has 1 N–H and O–H groups in total. The quantitative estimate of drug-likeness (QED) is 0.851. The monoisotopic (exact) mass is 229 g/mol. The fraction of sp³-hybridized carbons (Fsp3) is 0.357. The number of aromatic nitrogens is 2. The second-order valence-electron chi connectivity index (χ2n) is 4.43. The highest BCUT2D eigenvalue weighted by molar-refractivity contribution is 5.15. The molecule has 17 heavy (non-hydrogen) atoms. The van der Waals surface area contributed by atoms with Gasteiger partial charge in [-0.25, -0.2) is 4.98 Å². The van der Waals surface area contributed by atoms with Gasteiger partial charge in [0.2, 0.25) is 0 Å². The number of hydrogen-bond acceptors (Lipinski definition) is 2. The summed E-state index contributed by atoms with van der Waals surface area (Å²) < 4.78 is 2.04. The molecule has 0 spiro atoms. The molecule has 0 saturated heterocycles. The first-order valence-electron chi connectivity index (χ1n) is 5.99. The highest BCUT2D eigenvalue weighted by Gasteiger charge is 2.04. The predicted molar refractivity (Wildman–Crippen MR) is 69.7 cm³/mol. The lowest BCUT2D eigenvalue weighted by Crippen LogP contribution is -2.28. The van der Waals surface area contributed by atoms with Crippen molar-refractivity contribution in [3.05, 3.63) is 54.1 Å². The van der Waals surface area contributed by atoms with Crippen molar-refractivity contribution in [1.29, 1.82) is 0 Å². The molecule has 3 nitrogen and oxygen atoms in total. The predicted octanol–water partition coefficient (Wildman–Crippen LogP) is 2.14. The average Bonchev–Trinajstić information content (AvgIpc) is 2.74. The zero-order chi connectivity index (χ0) is 12.1. The van der Waals surface area contributed by atoms with Crippen molar-refractivity contribution in [2.75, 3.05) is 0 Å². The Hall–Kier alpha value is -1.61. The first-order valence-corrected chi connectivity index (χ1v) is 5.99. The van der Waals surface area contributed by atoms with Crippen LogP contribution in [0.3, 0.4) is 0 Å². The largest absolute Gasteiger partial charge is 0.337 e. The number of benzene rings is 1. The molecular formula is C14H19N3. The van der Waals surface area contributed by atoms with Crippen molar-refractivity contribution < 1.29 is 0 Å². The Balaban J connectivity index is 1.82. The second kappa shape index (κ2) is 5.64. The summed E-state index contributed by atoms with van der Waals surface area (Å²) in [5, 5.41) is 3.49. The van der Waals surface area contributed by atoms with Crippen LogP contribution in [0.25, 0.3) is 0 Å².